The van der Waals surface area contributed by atoms with Gasteiger partial charge >= 0.3 is 0 Å². The standard InChI is InChI=1S/C15H21F2N3O/c1-18-14-12(16)7-11(8-13(14)17)15(21)19-9-10-3-5-20(2)6-4-10/h7-8,10,18H,3-6,9H2,1-2H3,(H,19,21). The summed E-state index contributed by atoms with van der Waals surface area (Å²) in [5.41, 5.74) is -0.209. The first kappa shape index (κ1) is 15.7. The van der Waals surface area contributed by atoms with Crippen LogP contribution in [0.25, 0.3) is 0 Å². The van der Waals surface area contributed by atoms with Gasteiger partial charge in [-0.2, -0.15) is 0 Å². The van der Waals surface area contributed by atoms with E-state index in [0.717, 1.165) is 38.1 Å². The molecule has 1 heterocycles. The quantitative estimate of drug-likeness (QED) is 0.894. The molecule has 0 saturated carbocycles. The summed E-state index contributed by atoms with van der Waals surface area (Å²) in [6.07, 6.45) is 2.05. The predicted molar refractivity (Wildman–Crippen MR) is 78.5 cm³/mol. The fourth-order valence-corrected chi connectivity index (χ4v) is 2.55. The van der Waals surface area contributed by atoms with Crippen LogP contribution in [0.3, 0.4) is 0 Å². The Bertz CT molecular complexity index is 491. The van der Waals surface area contributed by atoms with E-state index in [1.54, 1.807) is 0 Å². The van der Waals surface area contributed by atoms with Crippen LogP contribution in [-0.4, -0.2) is 44.5 Å². The maximum Gasteiger partial charge on any atom is 0.251 e. The predicted octanol–water partition coefficient (Wildman–Crippen LogP) is 2.08. The molecule has 4 nitrogen and oxygen atoms in total. The topological polar surface area (TPSA) is 44.4 Å². The first-order chi connectivity index (χ1) is 10.0. The highest BCUT2D eigenvalue weighted by Crippen LogP contribution is 2.20. The molecule has 0 spiro atoms. The minimum absolute atomic E-state index is 0.0110. The molecule has 1 aromatic rings. The molecule has 1 fully saturated rings. The second kappa shape index (κ2) is 6.85. The van der Waals surface area contributed by atoms with Crippen molar-refractivity contribution in [3.63, 3.8) is 0 Å². The summed E-state index contributed by atoms with van der Waals surface area (Å²) >= 11 is 0. The lowest BCUT2D eigenvalue weighted by atomic mass is 9.97. The van der Waals surface area contributed by atoms with Crippen LogP contribution < -0.4 is 10.6 Å². The van der Waals surface area contributed by atoms with Gasteiger partial charge in [-0.25, -0.2) is 8.78 Å². The van der Waals surface area contributed by atoms with Gasteiger partial charge in [0.15, 0.2) is 0 Å². The Balaban J connectivity index is 1.94. The Morgan fingerprint density at radius 2 is 1.86 bits per heavy atom. The number of rotatable bonds is 4. The first-order valence-corrected chi connectivity index (χ1v) is 7.14. The van der Waals surface area contributed by atoms with E-state index < -0.39 is 17.5 Å². The molecule has 2 rings (SSSR count). The molecule has 2 N–H and O–H groups in total. The Kier molecular flexibility index (Phi) is 5.12. The van der Waals surface area contributed by atoms with Gasteiger partial charge in [0, 0.05) is 19.2 Å². The van der Waals surface area contributed by atoms with E-state index in [-0.39, 0.29) is 11.3 Å². The second-order valence-electron chi connectivity index (χ2n) is 5.52. The third kappa shape index (κ3) is 3.91. The maximum absolute atomic E-state index is 13.6. The van der Waals surface area contributed by atoms with Gasteiger partial charge in [0.1, 0.15) is 17.3 Å². The number of piperidine rings is 1. The Morgan fingerprint density at radius 3 is 2.38 bits per heavy atom. The van der Waals surface area contributed by atoms with Crippen LogP contribution in [0.2, 0.25) is 0 Å². The largest absolute Gasteiger partial charge is 0.383 e. The summed E-state index contributed by atoms with van der Waals surface area (Å²) in [4.78, 5) is 14.2. The van der Waals surface area contributed by atoms with Crippen LogP contribution >= 0.6 is 0 Å². The summed E-state index contributed by atoms with van der Waals surface area (Å²) in [6.45, 7) is 2.57. The lowest BCUT2D eigenvalue weighted by molar-refractivity contribution is 0.0938. The monoisotopic (exact) mass is 297 g/mol. The van der Waals surface area contributed by atoms with E-state index in [0.29, 0.717) is 12.5 Å². The fourth-order valence-electron chi connectivity index (χ4n) is 2.55. The normalized spacial score (nSPS) is 16.8. The zero-order chi connectivity index (χ0) is 15.4. The molecule has 1 saturated heterocycles. The molecule has 1 aliphatic rings. The molecule has 0 bridgehead atoms. The van der Waals surface area contributed by atoms with Crippen LogP contribution in [0.5, 0.6) is 0 Å². The van der Waals surface area contributed by atoms with Crippen molar-refractivity contribution in [3.05, 3.63) is 29.3 Å². The summed E-state index contributed by atoms with van der Waals surface area (Å²) < 4.78 is 27.2. The van der Waals surface area contributed by atoms with Gasteiger partial charge in [0.05, 0.1) is 0 Å². The zero-order valence-corrected chi connectivity index (χ0v) is 12.4. The van der Waals surface area contributed by atoms with E-state index in [4.69, 9.17) is 0 Å². The minimum atomic E-state index is -0.762. The minimum Gasteiger partial charge on any atom is -0.383 e. The molecule has 0 unspecified atom stereocenters. The molecule has 0 atom stereocenters. The molecule has 0 aliphatic carbocycles. The van der Waals surface area contributed by atoms with E-state index in [9.17, 15) is 13.6 Å². The number of halogens is 2. The molecular weight excluding hydrogens is 276 g/mol. The molecule has 116 valence electrons. The highest BCUT2D eigenvalue weighted by Gasteiger charge is 2.19. The molecule has 0 aromatic heterocycles. The third-order valence-corrected chi connectivity index (χ3v) is 3.94. The lowest BCUT2D eigenvalue weighted by Gasteiger charge is -2.28. The van der Waals surface area contributed by atoms with Crippen molar-refractivity contribution < 1.29 is 13.6 Å². The van der Waals surface area contributed by atoms with E-state index >= 15 is 0 Å². The number of hydrogen-bond acceptors (Lipinski definition) is 3. The molecular formula is C15H21F2N3O. The third-order valence-electron chi connectivity index (χ3n) is 3.94. The van der Waals surface area contributed by atoms with Crippen molar-refractivity contribution in [1.29, 1.82) is 0 Å². The Hall–Kier alpha value is -1.69. The number of anilines is 1. The molecule has 21 heavy (non-hydrogen) atoms. The van der Waals surface area contributed by atoms with E-state index in [1.165, 1.54) is 7.05 Å². The molecule has 6 heteroatoms. The van der Waals surface area contributed by atoms with Crippen LogP contribution in [0.1, 0.15) is 23.2 Å². The van der Waals surface area contributed by atoms with Crippen molar-refractivity contribution in [2.45, 2.75) is 12.8 Å². The van der Waals surface area contributed by atoms with Gasteiger partial charge < -0.3 is 15.5 Å². The number of nitrogens with one attached hydrogen (secondary N) is 2. The van der Waals surface area contributed by atoms with Crippen LogP contribution in [0.15, 0.2) is 12.1 Å². The van der Waals surface area contributed by atoms with Gasteiger partial charge in [0.25, 0.3) is 5.91 Å². The van der Waals surface area contributed by atoms with E-state index in [1.807, 2.05) is 0 Å². The number of carbonyl (C=O) groups excluding carboxylic acids is 1. The molecule has 1 amide bonds. The number of carbonyl (C=O) groups is 1. The van der Waals surface area contributed by atoms with Crippen molar-refractivity contribution in [1.82, 2.24) is 10.2 Å². The highest BCUT2D eigenvalue weighted by atomic mass is 19.1. The van der Waals surface area contributed by atoms with Gasteiger partial charge in [-0.15, -0.1) is 0 Å². The van der Waals surface area contributed by atoms with Gasteiger partial charge in [0.2, 0.25) is 0 Å². The van der Waals surface area contributed by atoms with Crippen LogP contribution in [0.4, 0.5) is 14.5 Å². The Labute approximate surface area is 123 Å². The van der Waals surface area contributed by atoms with Gasteiger partial charge in [-0.3, -0.25) is 4.79 Å². The SMILES string of the molecule is CNc1c(F)cc(C(=O)NCC2CCN(C)CC2)cc1F. The number of likely N-dealkylation sites (tertiary alicyclic amines) is 1. The van der Waals surface area contributed by atoms with E-state index in [2.05, 4.69) is 22.6 Å². The van der Waals surface area contributed by atoms with Gasteiger partial charge in [-0.05, 0) is 51.0 Å². The average molecular weight is 297 g/mol. The van der Waals surface area contributed by atoms with Crippen molar-refractivity contribution in [2.24, 2.45) is 5.92 Å². The molecule has 1 aromatic carbocycles. The average Bonchev–Trinajstić information content (AvgIpc) is 2.46. The molecule has 1 aliphatic heterocycles. The van der Waals surface area contributed by atoms with Crippen LogP contribution in [-0.2, 0) is 0 Å². The summed E-state index contributed by atoms with van der Waals surface area (Å²) in [5, 5.41) is 5.20. The number of hydrogen-bond donors (Lipinski definition) is 2. The van der Waals surface area contributed by atoms with Crippen molar-refractivity contribution in [2.75, 3.05) is 39.0 Å². The smallest absolute Gasteiger partial charge is 0.251 e. The van der Waals surface area contributed by atoms with Crippen molar-refractivity contribution >= 4 is 11.6 Å². The number of benzene rings is 1. The number of nitrogens with zero attached hydrogens (tertiary/aromatic N) is 1. The lowest BCUT2D eigenvalue weighted by Crippen LogP contribution is -2.36. The maximum atomic E-state index is 13.6. The summed E-state index contributed by atoms with van der Waals surface area (Å²) in [5.74, 6) is -1.53. The molecule has 0 radical (unpaired) electrons. The van der Waals surface area contributed by atoms with Gasteiger partial charge in [-0.1, -0.05) is 0 Å². The second-order valence-corrected chi connectivity index (χ2v) is 5.52. The Morgan fingerprint density at radius 1 is 1.29 bits per heavy atom. The summed E-state index contributed by atoms with van der Waals surface area (Å²) in [6, 6.07) is 2.11. The summed E-state index contributed by atoms with van der Waals surface area (Å²) in [7, 11) is 3.50. The highest BCUT2D eigenvalue weighted by molar-refractivity contribution is 5.94. The zero-order valence-electron chi connectivity index (χ0n) is 12.4. The first-order valence-electron chi connectivity index (χ1n) is 7.14. The van der Waals surface area contributed by atoms with Crippen molar-refractivity contribution in [3.8, 4) is 0 Å². The fraction of sp³-hybridized carbons (Fsp3) is 0.533. The van der Waals surface area contributed by atoms with Crippen LogP contribution in [0, 0.1) is 17.6 Å². The number of amides is 1.